The van der Waals surface area contributed by atoms with Crippen molar-refractivity contribution in [2.75, 3.05) is 18.1 Å². The van der Waals surface area contributed by atoms with Gasteiger partial charge < -0.3 is 15.1 Å². The summed E-state index contributed by atoms with van der Waals surface area (Å²) >= 11 is 0. The van der Waals surface area contributed by atoms with Gasteiger partial charge >= 0.3 is 0 Å². The normalized spacial score (nSPS) is 22.0. The minimum absolute atomic E-state index is 0.00523. The molecule has 0 saturated carbocycles. The molecule has 2 N–H and O–H groups in total. The Morgan fingerprint density at radius 2 is 2.22 bits per heavy atom. The molecule has 2 atom stereocenters. The van der Waals surface area contributed by atoms with Crippen molar-refractivity contribution in [1.29, 1.82) is 0 Å². The van der Waals surface area contributed by atoms with Gasteiger partial charge in [0.05, 0.1) is 24.4 Å². The minimum Gasteiger partial charge on any atom is -0.394 e. The largest absolute Gasteiger partial charge is 0.394 e. The number of aliphatic hydroxyl groups is 2. The number of hydrogen-bond acceptors (Lipinski definition) is 3. The first-order valence-corrected chi connectivity index (χ1v) is 6.48. The molecule has 4 heteroatoms. The Labute approximate surface area is 107 Å². The molecule has 0 radical (unpaired) electrons. The Morgan fingerprint density at radius 3 is 2.83 bits per heavy atom. The van der Waals surface area contributed by atoms with E-state index in [1.807, 2.05) is 4.90 Å². The van der Waals surface area contributed by atoms with E-state index in [0.29, 0.717) is 11.3 Å². The van der Waals surface area contributed by atoms with E-state index in [1.165, 1.54) is 6.07 Å². The zero-order valence-electron chi connectivity index (χ0n) is 10.6. The molecule has 3 nitrogen and oxygen atoms in total. The van der Waals surface area contributed by atoms with Crippen LogP contribution in [0.25, 0.3) is 0 Å². The van der Waals surface area contributed by atoms with Crippen molar-refractivity contribution in [3.63, 3.8) is 0 Å². The lowest BCUT2D eigenvalue weighted by atomic mass is 10.0. The van der Waals surface area contributed by atoms with Crippen molar-refractivity contribution in [3.05, 3.63) is 29.6 Å². The maximum Gasteiger partial charge on any atom is 0.146 e. The van der Waals surface area contributed by atoms with Crippen molar-refractivity contribution < 1.29 is 14.6 Å². The summed E-state index contributed by atoms with van der Waals surface area (Å²) in [6.07, 6.45) is 2.33. The van der Waals surface area contributed by atoms with Gasteiger partial charge in [-0.1, -0.05) is 6.07 Å². The molecule has 1 aromatic rings. The first-order chi connectivity index (χ1) is 8.63. The van der Waals surface area contributed by atoms with Crippen LogP contribution in [0.2, 0.25) is 0 Å². The van der Waals surface area contributed by atoms with Gasteiger partial charge in [-0.15, -0.1) is 0 Å². The molecular formula is C14H20FNO2. The van der Waals surface area contributed by atoms with E-state index in [0.717, 1.165) is 25.8 Å². The molecule has 1 unspecified atom stereocenters. The van der Waals surface area contributed by atoms with Crippen LogP contribution in [-0.4, -0.2) is 29.4 Å². The summed E-state index contributed by atoms with van der Waals surface area (Å²) in [7, 11) is 0. The zero-order chi connectivity index (χ0) is 13.1. The second-order valence-electron chi connectivity index (χ2n) is 4.91. The highest BCUT2D eigenvalue weighted by Gasteiger charge is 2.24. The molecule has 0 bridgehead atoms. The van der Waals surface area contributed by atoms with Gasteiger partial charge in [-0.3, -0.25) is 0 Å². The predicted molar refractivity (Wildman–Crippen MR) is 69.1 cm³/mol. The SMILES string of the molecule is C[C@H](O)c1ccc(N2CCCCC2CO)c(F)c1. The second-order valence-corrected chi connectivity index (χ2v) is 4.91. The standard InChI is InChI=1S/C14H20FNO2/c1-10(18)11-5-6-14(13(15)8-11)16-7-3-2-4-12(16)9-17/h5-6,8,10,12,17-18H,2-4,7,9H2,1H3/t10-,12?/m0/s1. The van der Waals surface area contributed by atoms with Gasteiger partial charge in [-0.2, -0.15) is 0 Å². The molecule has 1 saturated heterocycles. The van der Waals surface area contributed by atoms with Gasteiger partial charge in [0.25, 0.3) is 0 Å². The molecule has 1 aliphatic rings. The highest BCUT2D eigenvalue weighted by Crippen LogP contribution is 2.28. The van der Waals surface area contributed by atoms with E-state index in [2.05, 4.69) is 0 Å². The lowest BCUT2D eigenvalue weighted by Crippen LogP contribution is -2.42. The van der Waals surface area contributed by atoms with Crippen molar-refractivity contribution >= 4 is 5.69 Å². The topological polar surface area (TPSA) is 43.7 Å². The van der Waals surface area contributed by atoms with Crippen molar-refractivity contribution in [2.45, 2.75) is 38.3 Å². The minimum atomic E-state index is -0.663. The van der Waals surface area contributed by atoms with Crippen LogP contribution < -0.4 is 4.90 Å². The fourth-order valence-corrected chi connectivity index (χ4v) is 2.52. The smallest absolute Gasteiger partial charge is 0.146 e. The predicted octanol–water partition coefficient (Wildman–Crippen LogP) is 2.23. The first kappa shape index (κ1) is 13.3. The van der Waals surface area contributed by atoms with Gasteiger partial charge in [-0.25, -0.2) is 4.39 Å². The second kappa shape index (κ2) is 5.67. The number of hydrogen-bond donors (Lipinski definition) is 2. The van der Waals surface area contributed by atoms with E-state index in [1.54, 1.807) is 19.1 Å². The Hall–Kier alpha value is -1.13. The summed E-state index contributed by atoms with van der Waals surface area (Å²) < 4.78 is 14.1. The number of piperidine rings is 1. The van der Waals surface area contributed by atoms with Crippen LogP contribution in [0.15, 0.2) is 18.2 Å². The van der Waals surface area contributed by atoms with Crippen LogP contribution in [0, 0.1) is 5.82 Å². The van der Waals surface area contributed by atoms with Crippen molar-refractivity contribution in [2.24, 2.45) is 0 Å². The molecule has 100 valence electrons. The molecular weight excluding hydrogens is 233 g/mol. The highest BCUT2D eigenvalue weighted by atomic mass is 19.1. The number of halogens is 1. The van der Waals surface area contributed by atoms with Gasteiger partial charge in [-0.05, 0) is 43.9 Å². The molecule has 0 aliphatic carbocycles. The van der Waals surface area contributed by atoms with E-state index in [4.69, 9.17) is 0 Å². The molecule has 1 aromatic carbocycles. The zero-order valence-corrected chi connectivity index (χ0v) is 10.6. The van der Waals surface area contributed by atoms with Crippen molar-refractivity contribution in [1.82, 2.24) is 0 Å². The van der Waals surface area contributed by atoms with E-state index >= 15 is 0 Å². The van der Waals surface area contributed by atoms with E-state index in [9.17, 15) is 14.6 Å². The van der Waals surface area contributed by atoms with Crippen LogP contribution >= 0.6 is 0 Å². The van der Waals surface area contributed by atoms with Gasteiger partial charge in [0.1, 0.15) is 5.82 Å². The summed E-state index contributed by atoms with van der Waals surface area (Å²) in [5.74, 6) is -0.325. The maximum atomic E-state index is 14.1. The molecule has 1 fully saturated rings. The van der Waals surface area contributed by atoms with Crippen LogP contribution in [-0.2, 0) is 0 Å². The molecule has 0 amide bonds. The molecule has 1 heterocycles. The Morgan fingerprint density at radius 1 is 1.44 bits per heavy atom. The van der Waals surface area contributed by atoms with Crippen LogP contribution in [0.1, 0.15) is 37.9 Å². The van der Waals surface area contributed by atoms with Gasteiger partial charge in [0.2, 0.25) is 0 Å². The summed E-state index contributed by atoms with van der Waals surface area (Å²) in [5, 5.41) is 18.8. The number of benzene rings is 1. The van der Waals surface area contributed by atoms with Crippen LogP contribution in [0.4, 0.5) is 10.1 Å². The molecule has 0 aromatic heterocycles. The number of anilines is 1. The third-order valence-electron chi connectivity index (χ3n) is 3.60. The van der Waals surface area contributed by atoms with Crippen LogP contribution in [0.5, 0.6) is 0 Å². The summed E-state index contributed by atoms with van der Waals surface area (Å²) in [6.45, 7) is 2.44. The van der Waals surface area contributed by atoms with Gasteiger partial charge in [0.15, 0.2) is 0 Å². The summed E-state index contributed by atoms with van der Waals surface area (Å²) in [6, 6.07) is 4.83. The Kier molecular flexibility index (Phi) is 4.19. The van der Waals surface area contributed by atoms with Crippen molar-refractivity contribution in [3.8, 4) is 0 Å². The lowest BCUT2D eigenvalue weighted by Gasteiger charge is -2.36. The average Bonchev–Trinajstić information content (AvgIpc) is 2.38. The third kappa shape index (κ3) is 2.65. The summed E-state index contributed by atoms with van der Waals surface area (Å²) in [5.41, 5.74) is 1.10. The van der Waals surface area contributed by atoms with Gasteiger partial charge in [0, 0.05) is 6.54 Å². The third-order valence-corrected chi connectivity index (χ3v) is 3.60. The van der Waals surface area contributed by atoms with Crippen LogP contribution in [0.3, 0.4) is 0 Å². The average molecular weight is 253 g/mol. The van der Waals surface area contributed by atoms with E-state index < -0.39 is 6.10 Å². The fraction of sp³-hybridized carbons (Fsp3) is 0.571. The highest BCUT2D eigenvalue weighted by molar-refractivity contribution is 5.50. The van der Waals surface area contributed by atoms with E-state index in [-0.39, 0.29) is 18.5 Å². The molecule has 18 heavy (non-hydrogen) atoms. The fourth-order valence-electron chi connectivity index (χ4n) is 2.52. The molecule has 2 rings (SSSR count). The molecule has 0 spiro atoms. The number of nitrogens with zero attached hydrogens (tertiary/aromatic N) is 1. The summed E-state index contributed by atoms with van der Waals surface area (Å²) in [4.78, 5) is 1.94. The monoisotopic (exact) mass is 253 g/mol. The quantitative estimate of drug-likeness (QED) is 0.868. The first-order valence-electron chi connectivity index (χ1n) is 6.48. The Balaban J connectivity index is 2.26. The molecule has 1 aliphatic heterocycles. The Bertz CT molecular complexity index is 409. The lowest BCUT2D eigenvalue weighted by molar-refractivity contribution is 0.198. The number of rotatable bonds is 3. The number of aliphatic hydroxyl groups excluding tert-OH is 2. The maximum absolute atomic E-state index is 14.1.